The van der Waals surface area contributed by atoms with Gasteiger partial charge in [-0.25, -0.2) is 4.98 Å². The molecular weight excluding hydrogens is 376 g/mol. The van der Waals surface area contributed by atoms with Crippen molar-refractivity contribution in [2.45, 2.75) is 19.8 Å². The minimum absolute atomic E-state index is 0.203. The lowest BCUT2D eigenvalue weighted by Gasteiger charge is -2.07. The van der Waals surface area contributed by atoms with E-state index in [-0.39, 0.29) is 5.91 Å². The van der Waals surface area contributed by atoms with E-state index in [1.54, 1.807) is 12.1 Å². The maximum atomic E-state index is 12.4. The van der Waals surface area contributed by atoms with Crippen molar-refractivity contribution in [3.05, 3.63) is 51.7 Å². The number of amides is 1. The number of ether oxygens (including phenoxy) is 1. The van der Waals surface area contributed by atoms with Crippen LogP contribution in [-0.2, 0) is 0 Å². The first-order valence-corrected chi connectivity index (χ1v) is 9.98. The maximum Gasteiger partial charge on any atom is 0.257 e. The summed E-state index contributed by atoms with van der Waals surface area (Å²) in [5, 5.41) is 5.30. The molecule has 0 aliphatic rings. The van der Waals surface area contributed by atoms with Crippen LogP contribution in [0.3, 0.4) is 0 Å². The van der Waals surface area contributed by atoms with Crippen LogP contribution in [0.1, 0.15) is 30.1 Å². The third-order valence-corrected chi connectivity index (χ3v) is 5.42. The second-order valence-electron chi connectivity index (χ2n) is 5.33. The number of thiophene rings is 1. The number of unbranched alkanes of at least 4 members (excludes halogenated alkanes) is 1. The minimum atomic E-state index is -0.203. The molecule has 1 aromatic carbocycles. The average Bonchev–Trinajstić information content (AvgIpc) is 3.24. The van der Waals surface area contributed by atoms with Crippen LogP contribution in [0.25, 0.3) is 10.6 Å². The highest BCUT2D eigenvalue weighted by Gasteiger charge is 2.12. The molecule has 4 nitrogen and oxygen atoms in total. The molecule has 130 valence electrons. The molecule has 3 rings (SSSR count). The van der Waals surface area contributed by atoms with Crippen LogP contribution >= 0.6 is 34.3 Å². The van der Waals surface area contributed by atoms with Crippen molar-refractivity contribution < 1.29 is 9.53 Å². The molecule has 25 heavy (non-hydrogen) atoms. The van der Waals surface area contributed by atoms with Gasteiger partial charge in [0.15, 0.2) is 5.13 Å². The van der Waals surface area contributed by atoms with Gasteiger partial charge in [0.1, 0.15) is 5.75 Å². The fraction of sp³-hybridized carbons (Fsp3) is 0.222. The van der Waals surface area contributed by atoms with E-state index in [1.165, 1.54) is 22.7 Å². The molecule has 1 amide bonds. The van der Waals surface area contributed by atoms with Gasteiger partial charge in [0, 0.05) is 10.9 Å². The van der Waals surface area contributed by atoms with E-state index in [2.05, 4.69) is 17.2 Å². The first-order valence-electron chi connectivity index (χ1n) is 7.91. The number of benzene rings is 1. The van der Waals surface area contributed by atoms with E-state index in [4.69, 9.17) is 16.3 Å². The molecule has 0 radical (unpaired) electrons. The quantitative estimate of drug-likeness (QED) is 0.505. The second kappa shape index (κ2) is 8.47. The molecular formula is C18H17ClN2O2S2. The normalized spacial score (nSPS) is 10.6. The van der Waals surface area contributed by atoms with Crippen LogP contribution in [0, 0.1) is 0 Å². The lowest BCUT2D eigenvalue weighted by atomic mass is 10.2. The molecule has 1 N–H and O–H groups in total. The van der Waals surface area contributed by atoms with E-state index in [0.29, 0.717) is 27.4 Å². The monoisotopic (exact) mass is 392 g/mol. The summed E-state index contributed by atoms with van der Waals surface area (Å²) >= 11 is 8.80. The van der Waals surface area contributed by atoms with E-state index in [9.17, 15) is 4.79 Å². The van der Waals surface area contributed by atoms with Crippen LogP contribution in [0.5, 0.6) is 5.75 Å². The van der Waals surface area contributed by atoms with E-state index < -0.39 is 0 Å². The SMILES string of the molecule is CCCCOc1cccc(C(=O)Nc2nc(-c3ccc(Cl)s3)cs2)c1. The van der Waals surface area contributed by atoms with Gasteiger partial charge < -0.3 is 4.74 Å². The Morgan fingerprint density at radius 1 is 1.32 bits per heavy atom. The lowest BCUT2D eigenvalue weighted by Crippen LogP contribution is -2.11. The topological polar surface area (TPSA) is 51.2 Å². The molecule has 0 fully saturated rings. The molecule has 0 saturated heterocycles. The summed E-state index contributed by atoms with van der Waals surface area (Å²) in [7, 11) is 0. The first kappa shape index (κ1) is 17.9. The van der Waals surface area contributed by atoms with E-state index in [0.717, 1.165) is 23.4 Å². The number of carbonyl (C=O) groups excluding carboxylic acids is 1. The Morgan fingerprint density at radius 3 is 2.96 bits per heavy atom. The highest BCUT2D eigenvalue weighted by Crippen LogP contribution is 2.33. The van der Waals surface area contributed by atoms with Gasteiger partial charge in [0.2, 0.25) is 0 Å². The predicted molar refractivity (Wildman–Crippen MR) is 105 cm³/mol. The fourth-order valence-electron chi connectivity index (χ4n) is 2.13. The number of carbonyl (C=O) groups is 1. The Bertz CT molecular complexity index is 860. The van der Waals surface area contributed by atoms with Crippen molar-refractivity contribution in [2.75, 3.05) is 11.9 Å². The summed E-state index contributed by atoms with van der Waals surface area (Å²) in [4.78, 5) is 17.9. The van der Waals surface area contributed by atoms with E-state index in [1.807, 2.05) is 29.6 Å². The fourth-order valence-corrected chi connectivity index (χ4v) is 3.91. The van der Waals surface area contributed by atoms with Crippen molar-refractivity contribution in [1.29, 1.82) is 0 Å². The van der Waals surface area contributed by atoms with Gasteiger partial charge in [0.25, 0.3) is 5.91 Å². The molecule has 0 bridgehead atoms. The largest absolute Gasteiger partial charge is 0.494 e. The second-order valence-corrected chi connectivity index (χ2v) is 7.90. The summed E-state index contributed by atoms with van der Waals surface area (Å²) in [5.41, 5.74) is 1.36. The molecule has 0 aliphatic heterocycles. The summed E-state index contributed by atoms with van der Waals surface area (Å²) < 4.78 is 6.36. The number of thiazole rings is 1. The maximum absolute atomic E-state index is 12.4. The molecule has 0 unspecified atom stereocenters. The van der Waals surface area contributed by atoms with Crippen molar-refractivity contribution >= 4 is 45.3 Å². The van der Waals surface area contributed by atoms with Gasteiger partial charge in [-0.15, -0.1) is 22.7 Å². The zero-order chi connectivity index (χ0) is 17.6. The third-order valence-electron chi connectivity index (χ3n) is 3.41. The van der Waals surface area contributed by atoms with Gasteiger partial charge in [-0.3, -0.25) is 10.1 Å². The van der Waals surface area contributed by atoms with Crippen LogP contribution in [-0.4, -0.2) is 17.5 Å². The number of hydrogen-bond donors (Lipinski definition) is 1. The van der Waals surface area contributed by atoms with E-state index >= 15 is 0 Å². The van der Waals surface area contributed by atoms with Gasteiger partial charge >= 0.3 is 0 Å². The van der Waals surface area contributed by atoms with Gasteiger partial charge in [-0.05, 0) is 36.8 Å². The minimum Gasteiger partial charge on any atom is -0.494 e. The molecule has 2 heterocycles. The summed E-state index contributed by atoms with van der Waals surface area (Å²) in [6, 6.07) is 10.9. The highest BCUT2D eigenvalue weighted by atomic mass is 35.5. The van der Waals surface area contributed by atoms with Gasteiger partial charge in [-0.1, -0.05) is 31.0 Å². The van der Waals surface area contributed by atoms with Gasteiger partial charge in [0.05, 0.1) is 21.5 Å². The summed E-state index contributed by atoms with van der Waals surface area (Å²) in [6.45, 7) is 2.76. The number of nitrogens with one attached hydrogen (secondary N) is 1. The first-order chi connectivity index (χ1) is 12.2. The van der Waals surface area contributed by atoms with Crippen molar-refractivity contribution in [3.8, 4) is 16.3 Å². The molecule has 7 heteroatoms. The zero-order valence-electron chi connectivity index (χ0n) is 13.6. The zero-order valence-corrected chi connectivity index (χ0v) is 16.0. The third kappa shape index (κ3) is 4.81. The number of halogens is 1. The number of nitrogens with zero attached hydrogens (tertiary/aromatic N) is 1. The summed E-state index contributed by atoms with van der Waals surface area (Å²) in [6.07, 6.45) is 2.06. The predicted octanol–water partition coefficient (Wildman–Crippen LogP) is 5.96. The van der Waals surface area contributed by atoms with Crippen LogP contribution < -0.4 is 10.1 Å². The molecule has 3 aromatic rings. The van der Waals surface area contributed by atoms with Crippen LogP contribution in [0.15, 0.2) is 41.8 Å². The Balaban J connectivity index is 1.66. The highest BCUT2D eigenvalue weighted by molar-refractivity contribution is 7.20. The van der Waals surface area contributed by atoms with Crippen LogP contribution in [0.4, 0.5) is 5.13 Å². The molecule has 0 atom stereocenters. The van der Waals surface area contributed by atoms with Crippen molar-refractivity contribution in [1.82, 2.24) is 4.98 Å². The average molecular weight is 393 g/mol. The molecule has 2 aromatic heterocycles. The molecule has 0 spiro atoms. The van der Waals surface area contributed by atoms with Crippen molar-refractivity contribution in [2.24, 2.45) is 0 Å². The lowest BCUT2D eigenvalue weighted by molar-refractivity contribution is 0.102. The number of aromatic nitrogens is 1. The standard InChI is InChI=1S/C18H17ClN2O2S2/c1-2-3-9-23-13-6-4-5-12(10-13)17(22)21-18-20-14(11-24-18)15-7-8-16(19)25-15/h4-8,10-11H,2-3,9H2,1H3,(H,20,21,22). The van der Waals surface area contributed by atoms with Crippen molar-refractivity contribution in [3.63, 3.8) is 0 Å². The Labute approximate surface area is 159 Å². The smallest absolute Gasteiger partial charge is 0.257 e. The molecule has 0 aliphatic carbocycles. The van der Waals surface area contributed by atoms with Gasteiger partial charge in [-0.2, -0.15) is 0 Å². The summed E-state index contributed by atoms with van der Waals surface area (Å²) in [5.74, 6) is 0.500. The number of rotatable bonds is 7. The Kier molecular flexibility index (Phi) is 6.07. The molecule has 0 saturated carbocycles. The number of hydrogen-bond acceptors (Lipinski definition) is 5. The Hall–Kier alpha value is -1.89. The Morgan fingerprint density at radius 2 is 2.20 bits per heavy atom. The van der Waals surface area contributed by atoms with Crippen LogP contribution in [0.2, 0.25) is 4.34 Å². The number of anilines is 1.